The molecule has 1 rings (SSSR count). The maximum Gasteiger partial charge on any atom is 0.401 e. The second-order valence-corrected chi connectivity index (χ2v) is 5.72. The summed E-state index contributed by atoms with van der Waals surface area (Å²) in [4.78, 5) is 1.31. The molecule has 1 aromatic carbocycles. The van der Waals surface area contributed by atoms with E-state index >= 15 is 0 Å². The van der Waals surface area contributed by atoms with E-state index in [1.54, 1.807) is 32.9 Å². The normalized spacial score (nSPS) is 14.6. The number of hydrogen-bond donors (Lipinski definition) is 1. The van der Waals surface area contributed by atoms with Gasteiger partial charge in [0.1, 0.15) is 0 Å². The van der Waals surface area contributed by atoms with E-state index in [1.807, 2.05) is 18.2 Å². The van der Waals surface area contributed by atoms with E-state index in [9.17, 15) is 18.3 Å². The lowest BCUT2D eigenvalue weighted by molar-refractivity contribution is -0.150. The highest BCUT2D eigenvalue weighted by Gasteiger charge is 2.35. The molecular weight excluding hydrogens is 267 g/mol. The molecule has 0 aliphatic rings. The van der Waals surface area contributed by atoms with Gasteiger partial charge in [0.15, 0.2) is 0 Å². The van der Waals surface area contributed by atoms with E-state index in [0.29, 0.717) is 6.54 Å². The zero-order chi connectivity index (χ0) is 15.4. The molecule has 0 radical (unpaired) electrons. The first-order valence-corrected chi connectivity index (χ1v) is 6.68. The Bertz CT molecular complexity index is 403. The zero-order valence-electron chi connectivity index (χ0n) is 12.1. The molecule has 1 N–H and O–H groups in total. The summed E-state index contributed by atoms with van der Waals surface area (Å²) in [6.07, 6.45) is -5.02. The standard InChI is InChI=1S/C15H22F3NO/c1-4-19(11-15(16,17)18)10-14(2,3)13(20)12-8-6-5-7-9-12/h5-9,13,20H,4,10-11H2,1-3H3. The Balaban J connectivity index is 2.77. The van der Waals surface area contributed by atoms with Crippen LogP contribution >= 0.6 is 0 Å². The summed E-state index contributed by atoms with van der Waals surface area (Å²) in [6, 6.07) is 9.02. The highest BCUT2D eigenvalue weighted by molar-refractivity contribution is 5.19. The Morgan fingerprint density at radius 2 is 1.65 bits per heavy atom. The van der Waals surface area contributed by atoms with E-state index in [-0.39, 0.29) is 6.54 Å². The average molecular weight is 289 g/mol. The quantitative estimate of drug-likeness (QED) is 0.864. The van der Waals surface area contributed by atoms with Crippen LogP contribution in [0.2, 0.25) is 0 Å². The molecule has 5 heteroatoms. The lowest BCUT2D eigenvalue weighted by Gasteiger charge is -2.36. The average Bonchev–Trinajstić information content (AvgIpc) is 2.36. The Hall–Kier alpha value is -1.07. The van der Waals surface area contributed by atoms with E-state index in [1.165, 1.54) is 4.90 Å². The van der Waals surface area contributed by atoms with E-state index in [4.69, 9.17) is 0 Å². The van der Waals surface area contributed by atoms with Crippen molar-refractivity contribution in [1.82, 2.24) is 4.90 Å². The van der Waals surface area contributed by atoms with Crippen molar-refractivity contribution in [2.24, 2.45) is 5.41 Å². The van der Waals surface area contributed by atoms with Crippen molar-refractivity contribution in [3.05, 3.63) is 35.9 Å². The van der Waals surface area contributed by atoms with E-state index in [0.717, 1.165) is 5.56 Å². The fraction of sp³-hybridized carbons (Fsp3) is 0.600. The van der Waals surface area contributed by atoms with Gasteiger partial charge in [0.2, 0.25) is 0 Å². The van der Waals surface area contributed by atoms with Gasteiger partial charge in [-0.05, 0) is 12.1 Å². The van der Waals surface area contributed by atoms with Crippen LogP contribution in [0.3, 0.4) is 0 Å². The van der Waals surface area contributed by atoms with Crippen molar-refractivity contribution in [3.63, 3.8) is 0 Å². The van der Waals surface area contributed by atoms with Crippen LogP contribution in [0, 0.1) is 5.41 Å². The summed E-state index contributed by atoms with van der Waals surface area (Å²) in [6.45, 7) is 4.78. The number of halogens is 3. The molecular formula is C15H22F3NO. The third kappa shape index (κ3) is 5.13. The van der Waals surface area contributed by atoms with Crippen molar-refractivity contribution in [3.8, 4) is 0 Å². The molecule has 0 heterocycles. The monoisotopic (exact) mass is 289 g/mol. The van der Waals surface area contributed by atoms with Gasteiger partial charge in [0.25, 0.3) is 0 Å². The van der Waals surface area contributed by atoms with Crippen LogP contribution in [0.1, 0.15) is 32.4 Å². The van der Waals surface area contributed by atoms with Gasteiger partial charge in [-0.1, -0.05) is 51.1 Å². The molecule has 0 spiro atoms. The molecule has 1 unspecified atom stereocenters. The summed E-state index contributed by atoms with van der Waals surface area (Å²) in [5.41, 5.74) is 0.0587. The lowest BCUT2D eigenvalue weighted by Crippen LogP contribution is -2.42. The predicted octanol–water partition coefficient (Wildman–Crippen LogP) is 3.63. The lowest BCUT2D eigenvalue weighted by atomic mass is 9.82. The van der Waals surface area contributed by atoms with Crippen LogP contribution < -0.4 is 0 Å². The zero-order valence-corrected chi connectivity index (χ0v) is 12.1. The van der Waals surface area contributed by atoms with Crippen LogP contribution in [0.5, 0.6) is 0 Å². The molecule has 0 aromatic heterocycles. The summed E-state index contributed by atoms with van der Waals surface area (Å²) >= 11 is 0. The number of nitrogens with zero attached hydrogens (tertiary/aromatic N) is 1. The molecule has 0 bridgehead atoms. The number of alkyl halides is 3. The predicted molar refractivity (Wildman–Crippen MR) is 73.4 cm³/mol. The molecule has 1 atom stereocenters. The van der Waals surface area contributed by atoms with Gasteiger partial charge in [0.05, 0.1) is 12.6 Å². The van der Waals surface area contributed by atoms with Gasteiger partial charge >= 0.3 is 6.18 Å². The van der Waals surface area contributed by atoms with Gasteiger partial charge in [-0.2, -0.15) is 13.2 Å². The largest absolute Gasteiger partial charge is 0.401 e. The van der Waals surface area contributed by atoms with E-state index < -0.39 is 24.2 Å². The minimum Gasteiger partial charge on any atom is -0.388 e. The van der Waals surface area contributed by atoms with E-state index in [2.05, 4.69) is 0 Å². The van der Waals surface area contributed by atoms with Crippen molar-refractivity contribution >= 4 is 0 Å². The molecule has 20 heavy (non-hydrogen) atoms. The summed E-state index contributed by atoms with van der Waals surface area (Å²) in [7, 11) is 0. The maximum atomic E-state index is 12.5. The SMILES string of the molecule is CCN(CC(F)(F)F)CC(C)(C)C(O)c1ccccc1. The first-order chi connectivity index (χ1) is 9.15. The molecule has 0 amide bonds. The van der Waals surface area contributed by atoms with Gasteiger partial charge in [0, 0.05) is 12.0 Å². The Morgan fingerprint density at radius 1 is 1.10 bits per heavy atom. The number of aliphatic hydroxyl groups excluding tert-OH is 1. The fourth-order valence-corrected chi connectivity index (χ4v) is 2.28. The number of rotatable bonds is 6. The van der Waals surface area contributed by atoms with Crippen LogP contribution in [-0.4, -0.2) is 35.8 Å². The second-order valence-electron chi connectivity index (χ2n) is 5.72. The molecule has 1 aromatic rings. The smallest absolute Gasteiger partial charge is 0.388 e. The van der Waals surface area contributed by atoms with Crippen molar-refractivity contribution in [1.29, 1.82) is 0 Å². The Labute approximate surface area is 118 Å². The Morgan fingerprint density at radius 3 is 2.10 bits per heavy atom. The van der Waals surface area contributed by atoms with Crippen molar-refractivity contribution in [2.75, 3.05) is 19.6 Å². The molecule has 114 valence electrons. The van der Waals surface area contributed by atoms with Crippen LogP contribution in [0.4, 0.5) is 13.2 Å². The maximum absolute atomic E-state index is 12.5. The fourth-order valence-electron chi connectivity index (χ4n) is 2.28. The van der Waals surface area contributed by atoms with Crippen molar-refractivity contribution in [2.45, 2.75) is 33.1 Å². The molecule has 0 fully saturated rings. The van der Waals surface area contributed by atoms with Crippen LogP contribution in [0.25, 0.3) is 0 Å². The molecule has 2 nitrogen and oxygen atoms in total. The molecule has 0 aliphatic carbocycles. The third-order valence-electron chi connectivity index (χ3n) is 3.34. The first-order valence-electron chi connectivity index (χ1n) is 6.68. The van der Waals surface area contributed by atoms with Crippen molar-refractivity contribution < 1.29 is 18.3 Å². The molecule has 0 saturated carbocycles. The number of benzene rings is 1. The second kappa shape index (κ2) is 6.59. The summed E-state index contributed by atoms with van der Waals surface area (Å²) in [5.74, 6) is 0. The summed E-state index contributed by atoms with van der Waals surface area (Å²) < 4.78 is 37.5. The van der Waals surface area contributed by atoms with Crippen LogP contribution in [0.15, 0.2) is 30.3 Å². The minimum atomic E-state index is -4.22. The third-order valence-corrected chi connectivity index (χ3v) is 3.34. The molecule has 0 aliphatic heterocycles. The first kappa shape index (κ1) is 17.0. The topological polar surface area (TPSA) is 23.5 Å². The molecule has 0 saturated heterocycles. The number of hydrogen-bond acceptors (Lipinski definition) is 2. The Kier molecular flexibility index (Phi) is 5.59. The number of aliphatic hydroxyl groups is 1. The van der Waals surface area contributed by atoms with Crippen LogP contribution in [-0.2, 0) is 0 Å². The minimum absolute atomic E-state index is 0.180. The van der Waals surface area contributed by atoms with Gasteiger partial charge in [-0.25, -0.2) is 0 Å². The van der Waals surface area contributed by atoms with Gasteiger partial charge < -0.3 is 5.11 Å². The van der Waals surface area contributed by atoms with Gasteiger partial charge in [-0.3, -0.25) is 4.90 Å². The van der Waals surface area contributed by atoms with Gasteiger partial charge in [-0.15, -0.1) is 0 Å². The highest BCUT2D eigenvalue weighted by atomic mass is 19.4. The highest BCUT2D eigenvalue weighted by Crippen LogP contribution is 2.34. The summed E-state index contributed by atoms with van der Waals surface area (Å²) in [5, 5.41) is 10.4.